The Kier molecular flexibility index (Phi) is 7.67. The number of fused-ring (bicyclic) bond motifs is 11. The normalized spacial score (nSPS) is 12.0. The van der Waals surface area contributed by atoms with Crippen LogP contribution < -0.4 is 9.80 Å². The van der Waals surface area contributed by atoms with E-state index in [0.29, 0.717) is 0 Å². The number of benzene rings is 10. The van der Waals surface area contributed by atoms with Crippen LogP contribution in [0.25, 0.3) is 87.4 Å². The molecule has 0 bridgehead atoms. The first kappa shape index (κ1) is 35.5. The van der Waals surface area contributed by atoms with Crippen LogP contribution in [0.4, 0.5) is 34.1 Å². The first-order valence-corrected chi connectivity index (χ1v) is 21.4. The lowest BCUT2D eigenvalue weighted by Gasteiger charge is -2.26. The van der Waals surface area contributed by atoms with E-state index < -0.39 is 0 Å². The van der Waals surface area contributed by atoms with Crippen LogP contribution >= 0.6 is 0 Å². The van der Waals surface area contributed by atoms with Gasteiger partial charge < -0.3 is 23.1 Å². The molecule has 0 aliphatic rings. The Morgan fingerprint density at radius 3 is 1.19 bits per heavy atom. The molecule has 0 radical (unpaired) electrons. The van der Waals surface area contributed by atoms with Gasteiger partial charge in [-0.25, -0.2) is 0 Å². The van der Waals surface area contributed by atoms with Gasteiger partial charge >= 0.3 is 0 Å². The molecule has 0 saturated heterocycles. The molecule has 0 aliphatic carbocycles. The number of rotatable bonds is 6. The third-order valence-electron chi connectivity index (χ3n) is 12.6. The predicted octanol–water partition coefficient (Wildman–Crippen LogP) is 17.2. The standard InChI is InChI=1S/C58H38N2O3/c1-35-11-7-13-41(27-35)59(51-19-9-17-47-45-15-3-5-21-53(45)62-57(47)51)43-25-23-37-33-55-49(31-39(37)29-43)50-32-40-30-44(26-24-38(40)34-56(50)61-55)60(42-14-8-12-36(2)28-42)52-20-10-18-48-46-16-4-6-22-54(46)63-58(48)52/h3-34H,1-2H3. The molecule has 0 spiro atoms. The zero-order valence-electron chi connectivity index (χ0n) is 34.6. The molecule has 3 heterocycles. The lowest BCUT2D eigenvalue weighted by molar-refractivity contribution is 0.668. The fourth-order valence-electron chi connectivity index (χ4n) is 9.72. The van der Waals surface area contributed by atoms with Gasteiger partial charge in [-0.15, -0.1) is 0 Å². The third kappa shape index (κ3) is 5.63. The average Bonchev–Trinajstić information content (AvgIpc) is 3.99. The maximum Gasteiger partial charge on any atom is 0.159 e. The van der Waals surface area contributed by atoms with Gasteiger partial charge in [0.25, 0.3) is 0 Å². The minimum absolute atomic E-state index is 0.859. The van der Waals surface area contributed by atoms with E-state index in [0.717, 1.165) is 121 Å². The summed E-state index contributed by atoms with van der Waals surface area (Å²) in [4.78, 5) is 4.63. The second kappa shape index (κ2) is 13.6. The highest BCUT2D eigenvalue weighted by Crippen LogP contribution is 2.46. The molecule has 0 unspecified atom stereocenters. The van der Waals surface area contributed by atoms with Crippen molar-refractivity contribution in [2.45, 2.75) is 13.8 Å². The number of aryl methyl sites for hydroxylation is 2. The summed E-state index contributed by atoms with van der Waals surface area (Å²) in [5.41, 5.74) is 13.8. The van der Waals surface area contributed by atoms with Gasteiger partial charge in [-0.3, -0.25) is 0 Å². The molecule has 0 atom stereocenters. The van der Waals surface area contributed by atoms with Crippen LogP contribution in [0.3, 0.4) is 0 Å². The van der Waals surface area contributed by atoms with E-state index in [9.17, 15) is 0 Å². The van der Waals surface area contributed by atoms with Crippen molar-refractivity contribution in [2.75, 3.05) is 9.80 Å². The van der Waals surface area contributed by atoms with Crippen LogP contribution in [0.5, 0.6) is 0 Å². The molecule has 0 fully saturated rings. The van der Waals surface area contributed by atoms with E-state index in [-0.39, 0.29) is 0 Å². The molecule has 5 nitrogen and oxygen atoms in total. The Labute approximate surface area is 362 Å². The molecule has 5 heteroatoms. The van der Waals surface area contributed by atoms with Crippen molar-refractivity contribution in [3.8, 4) is 0 Å². The Morgan fingerprint density at radius 1 is 0.286 bits per heavy atom. The molecular formula is C58H38N2O3. The van der Waals surface area contributed by atoms with Gasteiger partial charge in [0.15, 0.2) is 11.2 Å². The molecule has 13 rings (SSSR count). The lowest BCUT2D eigenvalue weighted by atomic mass is 10.0. The first-order valence-electron chi connectivity index (χ1n) is 21.4. The Balaban J connectivity index is 0.974. The number of anilines is 6. The summed E-state index contributed by atoms with van der Waals surface area (Å²) in [6.45, 7) is 4.27. The fourth-order valence-corrected chi connectivity index (χ4v) is 9.72. The van der Waals surface area contributed by atoms with Crippen molar-refractivity contribution >= 4 is 121 Å². The van der Waals surface area contributed by atoms with Crippen LogP contribution in [0.1, 0.15) is 11.1 Å². The second-order valence-electron chi connectivity index (χ2n) is 16.7. The molecule has 0 amide bonds. The topological polar surface area (TPSA) is 45.9 Å². The average molecular weight is 811 g/mol. The molecule has 0 N–H and O–H groups in total. The van der Waals surface area contributed by atoms with Crippen LogP contribution in [0.15, 0.2) is 207 Å². The van der Waals surface area contributed by atoms with E-state index in [1.165, 1.54) is 11.1 Å². The minimum atomic E-state index is 0.859. The zero-order chi connectivity index (χ0) is 41.8. The highest BCUT2D eigenvalue weighted by molar-refractivity contribution is 6.15. The number of para-hydroxylation sites is 4. The van der Waals surface area contributed by atoms with Crippen LogP contribution in [-0.2, 0) is 0 Å². The van der Waals surface area contributed by atoms with Gasteiger partial charge in [-0.1, -0.05) is 97.1 Å². The zero-order valence-corrected chi connectivity index (χ0v) is 34.6. The van der Waals surface area contributed by atoms with Gasteiger partial charge in [0.2, 0.25) is 0 Å². The molecule has 0 saturated carbocycles. The molecule has 63 heavy (non-hydrogen) atoms. The summed E-state index contributed by atoms with van der Waals surface area (Å²) in [6, 6.07) is 69.0. The van der Waals surface area contributed by atoms with Gasteiger partial charge in [0, 0.05) is 55.1 Å². The maximum absolute atomic E-state index is 6.64. The molecule has 0 aliphatic heterocycles. The van der Waals surface area contributed by atoms with Crippen LogP contribution in [0, 0.1) is 13.8 Å². The van der Waals surface area contributed by atoms with Gasteiger partial charge in [-0.2, -0.15) is 0 Å². The van der Waals surface area contributed by atoms with Crippen molar-refractivity contribution in [1.82, 2.24) is 0 Å². The Bertz CT molecular complexity index is 3720. The van der Waals surface area contributed by atoms with Gasteiger partial charge in [0.05, 0.1) is 11.4 Å². The summed E-state index contributed by atoms with van der Waals surface area (Å²) in [7, 11) is 0. The maximum atomic E-state index is 6.64. The van der Waals surface area contributed by atoms with E-state index in [2.05, 4.69) is 194 Å². The second-order valence-corrected chi connectivity index (χ2v) is 16.7. The number of hydrogen-bond acceptors (Lipinski definition) is 5. The summed E-state index contributed by atoms with van der Waals surface area (Å²) in [5.74, 6) is 0. The monoisotopic (exact) mass is 810 g/mol. The SMILES string of the molecule is Cc1cccc(N(c2ccc3cc4oc5cc6ccc(N(c7cccc(C)c7)c7cccc8c7oc7ccccc78)cc6cc5c4cc3c2)c2cccc3c2oc2ccccc23)c1. The van der Waals surface area contributed by atoms with Crippen molar-refractivity contribution < 1.29 is 13.3 Å². The van der Waals surface area contributed by atoms with Crippen molar-refractivity contribution in [3.05, 3.63) is 205 Å². The summed E-state index contributed by atoms with van der Waals surface area (Å²) >= 11 is 0. The lowest BCUT2D eigenvalue weighted by Crippen LogP contribution is -2.10. The molecular weight excluding hydrogens is 773 g/mol. The summed E-state index contributed by atoms with van der Waals surface area (Å²) < 4.78 is 19.8. The highest BCUT2D eigenvalue weighted by atomic mass is 16.3. The van der Waals surface area contributed by atoms with Crippen molar-refractivity contribution in [2.24, 2.45) is 0 Å². The van der Waals surface area contributed by atoms with E-state index in [4.69, 9.17) is 13.3 Å². The van der Waals surface area contributed by atoms with Gasteiger partial charge in [-0.05, 0) is 144 Å². The smallest absolute Gasteiger partial charge is 0.159 e. The Hall–Kier alpha value is -8.28. The van der Waals surface area contributed by atoms with Crippen LogP contribution in [-0.4, -0.2) is 0 Å². The van der Waals surface area contributed by atoms with Crippen molar-refractivity contribution in [3.63, 3.8) is 0 Å². The number of nitrogens with zero attached hydrogens (tertiary/aromatic N) is 2. The minimum Gasteiger partial charge on any atom is -0.456 e. The van der Waals surface area contributed by atoms with Crippen molar-refractivity contribution in [1.29, 1.82) is 0 Å². The quantitative estimate of drug-likeness (QED) is 0.167. The fraction of sp³-hybridized carbons (Fsp3) is 0.0345. The largest absolute Gasteiger partial charge is 0.456 e. The van der Waals surface area contributed by atoms with Gasteiger partial charge in [0.1, 0.15) is 22.3 Å². The summed E-state index contributed by atoms with van der Waals surface area (Å²) in [6.07, 6.45) is 0. The number of hydrogen-bond donors (Lipinski definition) is 0. The molecule has 3 aromatic heterocycles. The van der Waals surface area contributed by atoms with E-state index in [1.807, 2.05) is 24.3 Å². The highest BCUT2D eigenvalue weighted by Gasteiger charge is 2.22. The first-order chi connectivity index (χ1) is 31.0. The van der Waals surface area contributed by atoms with E-state index >= 15 is 0 Å². The van der Waals surface area contributed by atoms with Crippen LogP contribution in [0.2, 0.25) is 0 Å². The number of furan rings is 3. The summed E-state index contributed by atoms with van der Waals surface area (Å²) in [5, 5.41) is 11.0. The Morgan fingerprint density at radius 2 is 0.714 bits per heavy atom. The van der Waals surface area contributed by atoms with E-state index in [1.54, 1.807) is 0 Å². The molecule has 298 valence electrons. The molecule has 13 aromatic rings. The molecule has 10 aromatic carbocycles. The predicted molar refractivity (Wildman–Crippen MR) is 262 cm³/mol. The third-order valence-corrected chi connectivity index (χ3v) is 12.6.